The summed E-state index contributed by atoms with van der Waals surface area (Å²) in [6.07, 6.45) is 9.60. The van der Waals surface area contributed by atoms with E-state index in [1.807, 2.05) is 0 Å². The summed E-state index contributed by atoms with van der Waals surface area (Å²) in [7, 11) is 0. The van der Waals surface area contributed by atoms with Crippen molar-refractivity contribution in [3.05, 3.63) is 6.20 Å². The quantitative estimate of drug-likeness (QED) is 0.750. The van der Waals surface area contributed by atoms with E-state index in [-0.39, 0.29) is 5.91 Å². The number of nitrogens with zero attached hydrogens (tertiary/aromatic N) is 1. The highest BCUT2D eigenvalue weighted by Gasteiger charge is 2.15. The van der Waals surface area contributed by atoms with E-state index < -0.39 is 0 Å². The number of carbonyl (C=O) groups excluding carboxylic acids is 1. The number of carbonyl (C=O) groups is 1. The predicted octanol–water partition coefficient (Wildman–Crippen LogP) is 2.29. The molecule has 0 saturated heterocycles. The Balaban J connectivity index is 1.72. The van der Waals surface area contributed by atoms with E-state index in [9.17, 15) is 4.79 Å². The third-order valence-corrected chi connectivity index (χ3v) is 3.44. The summed E-state index contributed by atoms with van der Waals surface area (Å²) in [6, 6.07) is 0. The van der Waals surface area contributed by atoms with Crippen LogP contribution in [0, 0.1) is 5.92 Å². The molecule has 17 heavy (non-hydrogen) atoms. The van der Waals surface area contributed by atoms with E-state index in [4.69, 9.17) is 5.73 Å². The Morgan fingerprint density at radius 3 is 2.88 bits per heavy atom. The average Bonchev–Trinajstić information content (AvgIpc) is 2.74. The lowest BCUT2D eigenvalue weighted by molar-refractivity contribution is -0.116. The van der Waals surface area contributed by atoms with Crippen LogP contribution >= 0.6 is 0 Å². The SMILES string of the molecule is Nc1cn[nH]c1NC(=O)CCC1CCCCC1. The van der Waals surface area contributed by atoms with Crippen molar-refractivity contribution in [1.82, 2.24) is 10.2 Å². The minimum Gasteiger partial charge on any atom is -0.394 e. The maximum absolute atomic E-state index is 11.7. The maximum atomic E-state index is 11.7. The fourth-order valence-corrected chi connectivity index (χ4v) is 2.41. The fourth-order valence-electron chi connectivity index (χ4n) is 2.41. The number of hydrogen-bond donors (Lipinski definition) is 3. The van der Waals surface area contributed by atoms with E-state index in [0.717, 1.165) is 12.3 Å². The molecule has 0 aliphatic heterocycles. The number of nitrogens with one attached hydrogen (secondary N) is 2. The largest absolute Gasteiger partial charge is 0.394 e. The van der Waals surface area contributed by atoms with Crippen molar-refractivity contribution in [2.45, 2.75) is 44.9 Å². The number of nitrogens with two attached hydrogens (primary N) is 1. The molecule has 0 atom stereocenters. The molecule has 0 bridgehead atoms. The summed E-state index contributed by atoms with van der Waals surface area (Å²) in [6.45, 7) is 0. The van der Waals surface area contributed by atoms with Gasteiger partial charge in [-0.15, -0.1) is 0 Å². The summed E-state index contributed by atoms with van der Waals surface area (Å²) in [5.74, 6) is 1.26. The van der Waals surface area contributed by atoms with Crippen LogP contribution in [-0.2, 0) is 4.79 Å². The molecule has 2 rings (SSSR count). The summed E-state index contributed by atoms with van der Waals surface area (Å²) in [4.78, 5) is 11.7. The molecule has 0 aromatic carbocycles. The van der Waals surface area contributed by atoms with Gasteiger partial charge in [-0.1, -0.05) is 32.1 Å². The van der Waals surface area contributed by atoms with Crippen molar-refractivity contribution in [3.63, 3.8) is 0 Å². The third-order valence-electron chi connectivity index (χ3n) is 3.44. The van der Waals surface area contributed by atoms with Crippen LogP contribution in [0.5, 0.6) is 0 Å². The Hall–Kier alpha value is -1.52. The Kier molecular flexibility index (Phi) is 4.01. The molecule has 5 nitrogen and oxygen atoms in total. The van der Waals surface area contributed by atoms with Crippen LogP contribution in [0.2, 0.25) is 0 Å². The summed E-state index contributed by atoms with van der Waals surface area (Å²) < 4.78 is 0. The van der Waals surface area contributed by atoms with Crippen LogP contribution in [0.15, 0.2) is 6.20 Å². The normalized spacial score (nSPS) is 16.9. The molecule has 1 fully saturated rings. The second kappa shape index (κ2) is 5.70. The maximum Gasteiger partial charge on any atom is 0.225 e. The van der Waals surface area contributed by atoms with Crippen molar-refractivity contribution in [3.8, 4) is 0 Å². The zero-order valence-corrected chi connectivity index (χ0v) is 10.0. The predicted molar refractivity (Wildman–Crippen MR) is 67.4 cm³/mol. The first-order chi connectivity index (χ1) is 8.25. The highest BCUT2D eigenvalue weighted by molar-refractivity contribution is 5.92. The monoisotopic (exact) mass is 236 g/mol. The second-order valence-electron chi connectivity index (χ2n) is 4.79. The van der Waals surface area contributed by atoms with Gasteiger partial charge in [0.2, 0.25) is 5.91 Å². The first kappa shape index (κ1) is 12.0. The lowest BCUT2D eigenvalue weighted by atomic mass is 9.86. The average molecular weight is 236 g/mol. The molecule has 0 unspecified atom stereocenters. The second-order valence-corrected chi connectivity index (χ2v) is 4.79. The van der Waals surface area contributed by atoms with Gasteiger partial charge in [0.25, 0.3) is 0 Å². The zero-order chi connectivity index (χ0) is 12.1. The molecule has 0 spiro atoms. The molecule has 1 heterocycles. The fraction of sp³-hybridized carbons (Fsp3) is 0.667. The topological polar surface area (TPSA) is 83.8 Å². The van der Waals surface area contributed by atoms with Gasteiger partial charge in [-0.05, 0) is 12.3 Å². The zero-order valence-electron chi connectivity index (χ0n) is 10.0. The first-order valence-corrected chi connectivity index (χ1v) is 6.34. The minimum atomic E-state index is 0.0199. The van der Waals surface area contributed by atoms with Gasteiger partial charge in [0.1, 0.15) is 0 Å². The Morgan fingerprint density at radius 2 is 2.24 bits per heavy atom. The summed E-state index contributed by atoms with van der Waals surface area (Å²) in [5, 5.41) is 9.18. The van der Waals surface area contributed by atoms with Gasteiger partial charge in [0.05, 0.1) is 11.9 Å². The first-order valence-electron chi connectivity index (χ1n) is 6.34. The van der Waals surface area contributed by atoms with Crippen molar-refractivity contribution in [2.24, 2.45) is 5.92 Å². The van der Waals surface area contributed by atoms with Crippen LogP contribution in [0.1, 0.15) is 44.9 Å². The van der Waals surface area contributed by atoms with Crippen molar-refractivity contribution in [1.29, 1.82) is 0 Å². The lowest BCUT2D eigenvalue weighted by Gasteiger charge is -2.20. The third kappa shape index (κ3) is 3.47. The molecule has 1 amide bonds. The van der Waals surface area contributed by atoms with Crippen LogP contribution in [0.25, 0.3) is 0 Å². The van der Waals surface area contributed by atoms with Gasteiger partial charge in [0, 0.05) is 6.42 Å². The van der Waals surface area contributed by atoms with E-state index in [2.05, 4.69) is 15.5 Å². The van der Waals surface area contributed by atoms with Gasteiger partial charge in [-0.3, -0.25) is 9.89 Å². The highest BCUT2D eigenvalue weighted by Crippen LogP contribution is 2.27. The van der Waals surface area contributed by atoms with Crippen LogP contribution in [0.4, 0.5) is 11.5 Å². The number of rotatable bonds is 4. The molecule has 0 radical (unpaired) electrons. The van der Waals surface area contributed by atoms with Crippen molar-refractivity contribution in [2.75, 3.05) is 11.1 Å². The van der Waals surface area contributed by atoms with Gasteiger partial charge in [-0.25, -0.2) is 0 Å². The molecule has 4 N–H and O–H groups in total. The van der Waals surface area contributed by atoms with Crippen LogP contribution < -0.4 is 11.1 Å². The van der Waals surface area contributed by atoms with Crippen LogP contribution in [0.3, 0.4) is 0 Å². The molecule has 1 aliphatic carbocycles. The smallest absolute Gasteiger partial charge is 0.225 e. The van der Waals surface area contributed by atoms with Crippen molar-refractivity contribution >= 4 is 17.4 Å². The molecule has 5 heteroatoms. The minimum absolute atomic E-state index is 0.0199. The molecule has 1 aromatic rings. The number of nitrogen functional groups attached to an aromatic ring is 1. The number of hydrogen-bond acceptors (Lipinski definition) is 3. The van der Waals surface area contributed by atoms with Gasteiger partial charge in [-0.2, -0.15) is 5.10 Å². The van der Waals surface area contributed by atoms with Gasteiger partial charge in [0.15, 0.2) is 5.82 Å². The molecule has 1 saturated carbocycles. The lowest BCUT2D eigenvalue weighted by Crippen LogP contribution is -2.15. The van der Waals surface area contributed by atoms with Crippen LogP contribution in [-0.4, -0.2) is 16.1 Å². The number of amides is 1. The molecule has 1 aromatic heterocycles. The van der Waals surface area contributed by atoms with E-state index in [1.165, 1.54) is 38.3 Å². The Labute approximate surface area is 101 Å². The number of aromatic nitrogens is 2. The molecular formula is C12H20N4O. The van der Waals surface area contributed by atoms with E-state index in [0.29, 0.717) is 17.9 Å². The van der Waals surface area contributed by atoms with Gasteiger partial charge < -0.3 is 11.1 Å². The van der Waals surface area contributed by atoms with Crippen molar-refractivity contribution < 1.29 is 4.79 Å². The summed E-state index contributed by atoms with van der Waals surface area (Å²) >= 11 is 0. The van der Waals surface area contributed by atoms with Gasteiger partial charge >= 0.3 is 0 Å². The number of H-pyrrole nitrogens is 1. The molecular weight excluding hydrogens is 216 g/mol. The standard InChI is InChI=1S/C12H20N4O/c13-10-8-14-16-12(10)15-11(17)7-6-9-4-2-1-3-5-9/h8-9H,1-7,13H2,(H2,14,15,16,17). The van der Waals surface area contributed by atoms with E-state index >= 15 is 0 Å². The molecule has 94 valence electrons. The number of anilines is 2. The Bertz CT molecular complexity index is 368. The Morgan fingerprint density at radius 1 is 1.47 bits per heavy atom. The number of aromatic amines is 1. The summed E-state index contributed by atoms with van der Waals surface area (Å²) in [5.41, 5.74) is 6.10. The molecule has 1 aliphatic rings. The van der Waals surface area contributed by atoms with E-state index in [1.54, 1.807) is 0 Å². The highest BCUT2D eigenvalue weighted by atomic mass is 16.1.